The first-order chi connectivity index (χ1) is 10.7. The summed E-state index contributed by atoms with van der Waals surface area (Å²) in [6, 6.07) is 3.69. The van der Waals surface area contributed by atoms with Gasteiger partial charge in [0.05, 0.1) is 21.3 Å². The molecule has 0 radical (unpaired) electrons. The highest BCUT2D eigenvalue weighted by Gasteiger charge is 2.21. The van der Waals surface area contributed by atoms with Gasteiger partial charge in [0, 0.05) is 18.0 Å². The minimum Gasteiger partial charge on any atom is -0.493 e. The van der Waals surface area contributed by atoms with E-state index in [2.05, 4.69) is 10.6 Å². The number of hydrogen-bond donors (Lipinski definition) is 2. The molecule has 1 heterocycles. The highest BCUT2D eigenvalue weighted by Crippen LogP contribution is 2.39. The molecule has 1 fully saturated rings. The van der Waals surface area contributed by atoms with Crippen LogP contribution in [-0.2, 0) is 11.3 Å². The number of methoxy groups -OCH3 is 3. The van der Waals surface area contributed by atoms with Gasteiger partial charge in [0.25, 0.3) is 0 Å². The Kier molecular flexibility index (Phi) is 5.89. The Labute approximate surface area is 131 Å². The van der Waals surface area contributed by atoms with E-state index < -0.39 is 0 Å². The number of carbonyl (C=O) groups is 1. The molecule has 122 valence electrons. The Morgan fingerprint density at radius 2 is 1.82 bits per heavy atom. The Morgan fingerprint density at radius 1 is 1.14 bits per heavy atom. The molecule has 22 heavy (non-hydrogen) atoms. The summed E-state index contributed by atoms with van der Waals surface area (Å²) in [4.78, 5) is 12.2. The van der Waals surface area contributed by atoms with Crippen LogP contribution in [0.4, 0.5) is 0 Å². The number of amides is 1. The fourth-order valence-corrected chi connectivity index (χ4v) is 2.71. The van der Waals surface area contributed by atoms with E-state index in [1.54, 1.807) is 21.3 Å². The van der Waals surface area contributed by atoms with Crippen molar-refractivity contribution in [1.82, 2.24) is 10.6 Å². The standard InChI is InChI=1S/C16H24N2O4/c1-20-13-5-4-12(14(21-2)15(13)22-3)10-18-16(19)11-6-8-17-9-7-11/h4-5,11,17H,6-10H2,1-3H3,(H,18,19). The van der Waals surface area contributed by atoms with Gasteiger partial charge >= 0.3 is 0 Å². The molecule has 1 saturated heterocycles. The van der Waals surface area contributed by atoms with Gasteiger partial charge in [-0.15, -0.1) is 0 Å². The van der Waals surface area contributed by atoms with Crippen molar-refractivity contribution in [2.45, 2.75) is 19.4 Å². The number of rotatable bonds is 6. The average molecular weight is 308 g/mol. The van der Waals surface area contributed by atoms with E-state index in [4.69, 9.17) is 14.2 Å². The number of nitrogens with one attached hydrogen (secondary N) is 2. The highest BCUT2D eigenvalue weighted by atomic mass is 16.5. The van der Waals surface area contributed by atoms with Crippen molar-refractivity contribution in [2.75, 3.05) is 34.4 Å². The van der Waals surface area contributed by atoms with Gasteiger partial charge in [-0.05, 0) is 38.1 Å². The Hall–Kier alpha value is -1.95. The first-order valence-electron chi connectivity index (χ1n) is 7.47. The SMILES string of the molecule is COc1ccc(CNC(=O)C2CCNCC2)c(OC)c1OC. The van der Waals surface area contributed by atoms with Crippen molar-refractivity contribution in [2.24, 2.45) is 5.92 Å². The van der Waals surface area contributed by atoms with Gasteiger partial charge in [-0.1, -0.05) is 0 Å². The lowest BCUT2D eigenvalue weighted by Crippen LogP contribution is -2.37. The zero-order chi connectivity index (χ0) is 15.9. The van der Waals surface area contributed by atoms with Gasteiger partial charge in [0.1, 0.15) is 0 Å². The lowest BCUT2D eigenvalue weighted by Gasteiger charge is -2.22. The van der Waals surface area contributed by atoms with Crippen LogP contribution in [0.25, 0.3) is 0 Å². The van der Waals surface area contributed by atoms with E-state index >= 15 is 0 Å². The Morgan fingerprint density at radius 3 is 2.41 bits per heavy atom. The molecule has 1 aliphatic heterocycles. The third kappa shape index (κ3) is 3.62. The number of benzene rings is 1. The van der Waals surface area contributed by atoms with Crippen molar-refractivity contribution in [3.05, 3.63) is 17.7 Å². The summed E-state index contributed by atoms with van der Waals surface area (Å²) in [5.74, 6) is 1.92. The van der Waals surface area contributed by atoms with Crippen LogP contribution in [0.15, 0.2) is 12.1 Å². The zero-order valence-electron chi connectivity index (χ0n) is 13.4. The molecule has 2 N–H and O–H groups in total. The maximum atomic E-state index is 12.2. The molecule has 0 unspecified atom stereocenters. The molecule has 6 heteroatoms. The predicted octanol–water partition coefficient (Wildman–Crippen LogP) is 1.33. The molecule has 2 rings (SSSR count). The van der Waals surface area contributed by atoms with Gasteiger partial charge in [-0.2, -0.15) is 0 Å². The molecule has 0 spiro atoms. The van der Waals surface area contributed by atoms with Gasteiger partial charge in [-0.3, -0.25) is 4.79 Å². The minimum absolute atomic E-state index is 0.0902. The summed E-state index contributed by atoms with van der Waals surface area (Å²) < 4.78 is 16.0. The molecule has 0 aliphatic carbocycles. The summed E-state index contributed by atoms with van der Waals surface area (Å²) in [6.07, 6.45) is 1.77. The maximum Gasteiger partial charge on any atom is 0.223 e. The van der Waals surface area contributed by atoms with E-state index in [0.717, 1.165) is 31.5 Å². The normalized spacial score (nSPS) is 15.2. The second-order valence-electron chi connectivity index (χ2n) is 5.24. The monoisotopic (exact) mass is 308 g/mol. The van der Waals surface area contributed by atoms with E-state index in [-0.39, 0.29) is 11.8 Å². The quantitative estimate of drug-likeness (QED) is 0.830. The van der Waals surface area contributed by atoms with Crippen molar-refractivity contribution in [1.29, 1.82) is 0 Å². The second kappa shape index (κ2) is 7.89. The molecule has 0 aromatic heterocycles. The Balaban J connectivity index is 2.07. The molecule has 1 aromatic rings. The van der Waals surface area contributed by atoms with E-state index in [9.17, 15) is 4.79 Å². The average Bonchev–Trinajstić information content (AvgIpc) is 2.59. The van der Waals surface area contributed by atoms with Crippen LogP contribution in [0.2, 0.25) is 0 Å². The molecular formula is C16H24N2O4. The van der Waals surface area contributed by atoms with Gasteiger partial charge in [-0.25, -0.2) is 0 Å². The maximum absolute atomic E-state index is 12.2. The number of ether oxygens (including phenoxy) is 3. The van der Waals surface area contributed by atoms with Gasteiger partial charge < -0.3 is 24.8 Å². The second-order valence-corrected chi connectivity index (χ2v) is 5.24. The highest BCUT2D eigenvalue weighted by molar-refractivity contribution is 5.78. The van der Waals surface area contributed by atoms with Crippen molar-refractivity contribution < 1.29 is 19.0 Å². The molecule has 0 bridgehead atoms. The van der Waals surface area contributed by atoms with Crippen LogP contribution < -0.4 is 24.8 Å². The zero-order valence-corrected chi connectivity index (χ0v) is 13.4. The lowest BCUT2D eigenvalue weighted by molar-refractivity contribution is -0.125. The van der Waals surface area contributed by atoms with Crippen LogP contribution in [0.5, 0.6) is 17.2 Å². The lowest BCUT2D eigenvalue weighted by atomic mass is 9.97. The molecule has 6 nitrogen and oxygen atoms in total. The third-order valence-corrected chi connectivity index (χ3v) is 3.95. The van der Waals surface area contributed by atoms with Crippen LogP contribution in [0.1, 0.15) is 18.4 Å². The summed E-state index contributed by atoms with van der Waals surface area (Å²) in [5.41, 5.74) is 0.863. The summed E-state index contributed by atoms with van der Waals surface area (Å²) in [5, 5.41) is 6.25. The topological polar surface area (TPSA) is 68.8 Å². The van der Waals surface area contributed by atoms with Gasteiger partial charge in [0.15, 0.2) is 11.5 Å². The fraction of sp³-hybridized carbons (Fsp3) is 0.562. The predicted molar refractivity (Wildman–Crippen MR) is 83.5 cm³/mol. The summed E-state index contributed by atoms with van der Waals surface area (Å²) >= 11 is 0. The molecule has 1 aromatic carbocycles. The molecule has 1 amide bonds. The molecule has 1 aliphatic rings. The van der Waals surface area contributed by atoms with E-state index in [1.165, 1.54) is 0 Å². The first kappa shape index (κ1) is 16.4. The van der Waals surface area contributed by atoms with Crippen LogP contribution in [-0.4, -0.2) is 40.3 Å². The van der Waals surface area contributed by atoms with Crippen LogP contribution >= 0.6 is 0 Å². The summed E-state index contributed by atoms with van der Waals surface area (Å²) in [7, 11) is 4.73. The van der Waals surface area contributed by atoms with Crippen molar-refractivity contribution >= 4 is 5.91 Å². The molecule has 0 saturated carbocycles. The molecular weight excluding hydrogens is 284 g/mol. The summed E-state index contributed by atoms with van der Waals surface area (Å²) in [6.45, 7) is 2.21. The number of carbonyl (C=O) groups excluding carboxylic acids is 1. The van der Waals surface area contributed by atoms with Crippen LogP contribution in [0.3, 0.4) is 0 Å². The van der Waals surface area contributed by atoms with Gasteiger partial charge in [0.2, 0.25) is 11.7 Å². The Bertz CT molecular complexity index is 513. The smallest absolute Gasteiger partial charge is 0.223 e. The molecule has 0 atom stereocenters. The number of hydrogen-bond acceptors (Lipinski definition) is 5. The van der Waals surface area contributed by atoms with E-state index in [1.807, 2.05) is 12.1 Å². The van der Waals surface area contributed by atoms with Crippen molar-refractivity contribution in [3.8, 4) is 17.2 Å². The number of piperidine rings is 1. The largest absolute Gasteiger partial charge is 0.493 e. The minimum atomic E-state index is 0.0902. The fourth-order valence-electron chi connectivity index (χ4n) is 2.71. The third-order valence-electron chi connectivity index (χ3n) is 3.95. The van der Waals surface area contributed by atoms with Crippen LogP contribution in [0, 0.1) is 5.92 Å². The van der Waals surface area contributed by atoms with Crippen molar-refractivity contribution in [3.63, 3.8) is 0 Å². The van der Waals surface area contributed by atoms with E-state index in [0.29, 0.717) is 23.8 Å². The first-order valence-corrected chi connectivity index (χ1v) is 7.47.